The Hall–Kier alpha value is 0.920. The van der Waals surface area contributed by atoms with Crippen molar-refractivity contribution in [2.24, 2.45) is 11.8 Å². The molecule has 1 atom stereocenters. The largest absolute Gasteiger partial charge is 0.388 e. The minimum absolute atomic E-state index is 0. The highest BCUT2D eigenvalue weighted by atomic mass is 32.2. The minimum Gasteiger partial charge on any atom is -0.388 e. The van der Waals surface area contributed by atoms with Crippen molar-refractivity contribution >= 4 is 75.9 Å². The lowest BCUT2D eigenvalue weighted by atomic mass is 10.2. The van der Waals surface area contributed by atoms with Gasteiger partial charge in [-0.15, -0.1) is 0 Å². The fraction of sp³-hybridized carbons (Fsp3) is 0.959. The number of rotatable bonds is 6. The first-order valence-electron chi connectivity index (χ1n) is 18.1. The molecular formula is C49H140O7S6. The Morgan fingerprint density at radius 1 is 0.645 bits per heavy atom. The van der Waals surface area contributed by atoms with Gasteiger partial charge in [-0.05, 0) is 74.2 Å². The van der Waals surface area contributed by atoms with Crippen LogP contribution in [0.2, 0.25) is 0 Å². The molecule has 1 rings (SSSR count). The Morgan fingerprint density at radius 3 is 0.823 bits per heavy atom. The molecule has 0 spiro atoms. The van der Waals surface area contributed by atoms with Gasteiger partial charge in [0.2, 0.25) is 0 Å². The molecule has 0 aliphatic heterocycles. The number of hydrogen-bond acceptors (Lipinski definition) is 9. The Kier molecular flexibility index (Phi) is 304. The summed E-state index contributed by atoms with van der Waals surface area (Å²) in [5.41, 5.74) is 0. The van der Waals surface area contributed by atoms with Crippen LogP contribution in [0.15, 0.2) is 0 Å². The smallest absolute Gasteiger partial charge is 0.147 e. The normalized spacial score (nSPS) is 9.39. The van der Waals surface area contributed by atoms with Gasteiger partial charge in [-0.1, -0.05) is 187 Å². The first-order chi connectivity index (χ1) is 23.7. The summed E-state index contributed by atoms with van der Waals surface area (Å²) in [5.74, 6) is 12.0. The third-order valence-corrected chi connectivity index (χ3v) is 6.26. The van der Waals surface area contributed by atoms with Crippen LogP contribution in [0, 0.1) is 11.8 Å². The lowest BCUT2D eigenvalue weighted by Crippen LogP contribution is -1.96. The Morgan fingerprint density at radius 2 is 0.806 bits per heavy atom. The highest BCUT2D eigenvalue weighted by Gasteiger charge is 2.07. The van der Waals surface area contributed by atoms with E-state index in [1.165, 1.54) is 49.9 Å². The lowest BCUT2D eigenvalue weighted by Gasteiger charge is -1.91. The van der Waals surface area contributed by atoms with Gasteiger partial charge < -0.3 is 14.2 Å². The molecule has 0 aromatic heterocycles. The van der Waals surface area contributed by atoms with Crippen LogP contribution in [0.3, 0.4) is 0 Å². The summed E-state index contributed by atoms with van der Waals surface area (Å²) in [5, 5.41) is 0. The van der Waals surface area contributed by atoms with Crippen molar-refractivity contribution in [2.45, 2.75) is 189 Å². The van der Waals surface area contributed by atoms with E-state index in [9.17, 15) is 16.8 Å². The molecule has 414 valence electrons. The van der Waals surface area contributed by atoms with Crippen LogP contribution in [0.4, 0.5) is 0 Å². The molecule has 7 nitrogen and oxygen atoms in total. The predicted octanol–water partition coefficient (Wildman–Crippen LogP) is 17.9. The Balaban J connectivity index is -0.0000000154. The molecule has 0 saturated heterocycles. The third kappa shape index (κ3) is 764. The second-order valence-corrected chi connectivity index (χ2v) is 23.0. The highest BCUT2D eigenvalue weighted by molar-refractivity contribution is 8.13. The minimum atomic E-state index is -2.67. The highest BCUT2D eigenvalue weighted by Crippen LogP contribution is 2.22. The standard InChI is InChI=1S/C6H12.C4H10O.C4H10S.C4H10.C3H8O2S.C3H8O.2C3H8S.C3H8.C2H6O2S.C2H6O.C2H6S.10CH4/c1-6-4-2-3-5-6;1-3-4-5-2;1-4-5(2)3;1-4(2)3;1-3-6(2,4)5;1-3-4-2;1-4(2)3;1-3-4-2;1-3-2;1-5(2,3)4;2*1-3-2;;;;;;;;;;/h6H,2-5H2,1H3;3-4H2,1-2H3;2,4H2,1,3H3;4H,1-3H3;3H2,1-2H3;3H2,1-2H3;1H2,2-3H3;3H2,1-2H3;3H2,1-2H3;1-2H3;2*1-2H3;10*1H4. The van der Waals surface area contributed by atoms with Crippen LogP contribution in [-0.2, 0) is 33.9 Å². The van der Waals surface area contributed by atoms with Gasteiger partial charge in [-0.3, -0.25) is 0 Å². The average Bonchev–Trinajstić information content (AvgIpc) is 3.49. The molecule has 0 amide bonds. The maximum atomic E-state index is 10.0. The van der Waals surface area contributed by atoms with E-state index < -0.39 is 19.7 Å². The van der Waals surface area contributed by atoms with E-state index in [-0.39, 0.29) is 80.0 Å². The predicted molar refractivity (Wildman–Crippen MR) is 331 cm³/mol. The maximum absolute atomic E-state index is 10.0. The SMILES string of the molecule is C.C.C.C.C.C.C.C.C.C.C=S(C)C.C=S(C)CC.CC(C)C.CC1CCCC1.CCC.CCCOC.CCOC.CCS(C)(=O)=O.CCSC.COC.CS(C)(=O)=O.CSC. The molecule has 13 heteroatoms. The summed E-state index contributed by atoms with van der Waals surface area (Å²) >= 11 is 3.61. The van der Waals surface area contributed by atoms with Gasteiger partial charge >= 0.3 is 0 Å². The monoisotopic (exact) mass is 1030 g/mol. The molecule has 1 fully saturated rings. The fourth-order valence-corrected chi connectivity index (χ4v) is 1.33. The molecule has 0 heterocycles. The van der Waals surface area contributed by atoms with E-state index in [0.717, 1.165) is 44.0 Å². The van der Waals surface area contributed by atoms with Crippen molar-refractivity contribution in [2.75, 3.05) is 115 Å². The molecule has 1 aliphatic carbocycles. The van der Waals surface area contributed by atoms with Crippen molar-refractivity contribution in [1.29, 1.82) is 0 Å². The van der Waals surface area contributed by atoms with Crippen LogP contribution in [0.25, 0.3) is 0 Å². The van der Waals surface area contributed by atoms with Crippen molar-refractivity contribution in [3.05, 3.63) is 0 Å². The quantitative estimate of drug-likeness (QED) is 0.241. The lowest BCUT2D eigenvalue weighted by molar-refractivity contribution is 0.199. The number of ether oxygens (including phenoxy) is 3. The summed E-state index contributed by atoms with van der Waals surface area (Å²) in [6.07, 6.45) is 24.3. The van der Waals surface area contributed by atoms with Crippen LogP contribution in [-0.4, -0.2) is 144 Å². The maximum Gasteiger partial charge on any atom is 0.147 e. The van der Waals surface area contributed by atoms with E-state index in [1.54, 1.807) is 47.1 Å². The summed E-state index contributed by atoms with van der Waals surface area (Å²) in [7, 11) is 2.13. The molecular weight excluding hydrogens is 893 g/mol. The second-order valence-electron chi connectivity index (χ2n) is 12.2. The van der Waals surface area contributed by atoms with E-state index in [4.69, 9.17) is 4.74 Å². The number of sulfone groups is 2. The molecule has 1 unspecified atom stereocenters. The summed E-state index contributed by atoms with van der Waals surface area (Å²) in [6.45, 7) is 24.8. The number of thioether (sulfide) groups is 2. The Bertz CT molecular complexity index is 729. The number of hydrogen-bond donors (Lipinski definition) is 0. The summed E-state index contributed by atoms with van der Waals surface area (Å²) in [6, 6.07) is 0. The van der Waals surface area contributed by atoms with Crippen molar-refractivity contribution in [1.82, 2.24) is 0 Å². The van der Waals surface area contributed by atoms with Gasteiger partial charge in [0.15, 0.2) is 0 Å². The zero-order valence-corrected chi connectivity index (χ0v) is 44.6. The molecule has 0 radical (unpaired) electrons. The van der Waals surface area contributed by atoms with Crippen LogP contribution in [0.1, 0.15) is 189 Å². The van der Waals surface area contributed by atoms with Gasteiger partial charge in [-0.2, -0.15) is 44.5 Å². The number of methoxy groups -OCH3 is 3. The van der Waals surface area contributed by atoms with Gasteiger partial charge in [0.25, 0.3) is 0 Å². The third-order valence-electron chi connectivity index (χ3n) is 3.65. The summed E-state index contributed by atoms with van der Waals surface area (Å²) in [4.78, 5) is 0. The van der Waals surface area contributed by atoms with Gasteiger partial charge in [0.05, 0.1) is 0 Å². The zero-order chi connectivity index (χ0) is 44.6. The molecule has 62 heavy (non-hydrogen) atoms. The van der Waals surface area contributed by atoms with Gasteiger partial charge in [0.1, 0.15) is 19.7 Å². The van der Waals surface area contributed by atoms with Gasteiger partial charge in [0, 0.05) is 66.2 Å². The Labute approximate surface area is 420 Å². The second kappa shape index (κ2) is 137. The summed E-state index contributed by atoms with van der Waals surface area (Å²) < 4.78 is 52.7. The van der Waals surface area contributed by atoms with E-state index in [0.29, 0.717) is 21.0 Å². The molecule has 0 aromatic carbocycles. The van der Waals surface area contributed by atoms with Crippen molar-refractivity contribution in [3.8, 4) is 0 Å². The van der Waals surface area contributed by atoms with Crippen LogP contribution >= 0.6 is 44.5 Å². The van der Waals surface area contributed by atoms with Crippen LogP contribution in [0.5, 0.6) is 0 Å². The molecule has 1 aliphatic rings. The fourth-order valence-electron chi connectivity index (χ4n) is 1.33. The molecule has 0 aromatic rings. The molecule has 0 bridgehead atoms. The van der Waals surface area contributed by atoms with Crippen LogP contribution < -0.4 is 0 Å². The first-order valence-corrected chi connectivity index (χ1v) is 29.6. The average molecular weight is 1030 g/mol. The van der Waals surface area contributed by atoms with E-state index in [1.807, 2.05) is 31.2 Å². The van der Waals surface area contributed by atoms with Crippen molar-refractivity contribution < 1.29 is 31.0 Å². The first kappa shape index (κ1) is 137. The molecule has 0 N–H and O–H groups in total. The van der Waals surface area contributed by atoms with Gasteiger partial charge in [-0.25, -0.2) is 16.8 Å². The topological polar surface area (TPSA) is 96.0 Å². The molecule has 1 saturated carbocycles. The zero-order valence-electron chi connectivity index (χ0n) is 39.7. The van der Waals surface area contributed by atoms with E-state index >= 15 is 0 Å². The van der Waals surface area contributed by atoms with E-state index in [2.05, 4.69) is 109 Å². The van der Waals surface area contributed by atoms with Crippen molar-refractivity contribution in [3.63, 3.8) is 0 Å².